The molecule has 0 bridgehead atoms. The van der Waals surface area contributed by atoms with Gasteiger partial charge in [-0.05, 0) is 89.0 Å². The van der Waals surface area contributed by atoms with Crippen molar-refractivity contribution >= 4 is 67.9 Å². The SMILES string of the molecule is C1=CC2=C(C(c3cccc4c5ccccc5n(-c5ccccc5)c34)C1)N(c1ccccc1)c1cccc3c1B2c1ccccc1N3c1ccccc1. The molecule has 3 aliphatic rings. The summed E-state index contributed by atoms with van der Waals surface area (Å²) in [6.45, 7) is 0.0931. The van der Waals surface area contributed by atoms with E-state index >= 15 is 0 Å². The van der Waals surface area contributed by atoms with Crippen molar-refractivity contribution < 1.29 is 0 Å². The van der Waals surface area contributed by atoms with Gasteiger partial charge in [0.2, 0.25) is 0 Å². The summed E-state index contributed by atoms with van der Waals surface area (Å²) in [4.78, 5) is 5.05. The van der Waals surface area contributed by atoms with Gasteiger partial charge in [-0.2, -0.15) is 0 Å². The number of hydrogen-bond acceptors (Lipinski definition) is 2. The quantitative estimate of drug-likeness (QED) is 0.174. The van der Waals surface area contributed by atoms with Gasteiger partial charge in [0.15, 0.2) is 0 Å². The maximum absolute atomic E-state index is 2.59. The van der Waals surface area contributed by atoms with Crippen molar-refractivity contribution in [1.82, 2.24) is 4.57 Å². The normalized spacial score (nSPS) is 15.9. The zero-order valence-corrected chi connectivity index (χ0v) is 28.6. The van der Waals surface area contributed by atoms with Gasteiger partial charge >= 0.3 is 0 Å². The summed E-state index contributed by atoms with van der Waals surface area (Å²) in [5.41, 5.74) is 16.6. The van der Waals surface area contributed by atoms with Crippen LogP contribution in [0.5, 0.6) is 0 Å². The third kappa shape index (κ3) is 4.15. The Hall–Kier alpha value is -6.52. The van der Waals surface area contributed by atoms with Crippen molar-refractivity contribution in [2.45, 2.75) is 12.3 Å². The van der Waals surface area contributed by atoms with Crippen LogP contribution in [0.2, 0.25) is 0 Å². The molecule has 11 rings (SSSR count). The monoisotopic (exact) mass is 663 g/mol. The number of para-hydroxylation sites is 6. The molecule has 4 heteroatoms. The van der Waals surface area contributed by atoms with Crippen LogP contribution >= 0.6 is 0 Å². The van der Waals surface area contributed by atoms with Crippen molar-refractivity contribution in [3.8, 4) is 5.69 Å². The van der Waals surface area contributed by atoms with Crippen LogP contribution in [0, 0.1) is 0 Å². The van der Waals surface area contributed by atoms with Gasteiger partial charge in [0.1, 0.15) is 0 Å². The highest BCUT2D eigenvalue weighted by Crippen LogP contribution is 2.50. The van der Waals surface area contributed by atoms with Gasteiger partial charge < -0.3 is 14.4 Å². The van der Waals surface area contributed by atoms with Gasteiger partial charge in [0.25, 0.3) is 6.71 Å². The van der Waals surface area contributed by atoms with Gasteiger partial charge in [-0.15, -0.1) is 0 Å². The van der Waals surface area contributed by atoms with Gasteiger partial charge in [-0.25, -0.2) is 0 Å². The first-order chi connectivity index (χ1) is 25.9. The number of rotatable bonds is 4. The van der Waals surface area contributed by atoms with Crippen LogP contribution in [-0.2, 0) is 0 Å². The second kappa shape index (κ2) is 11.5. The van der Waals surface area contributed by atoms with E-state index in [-0.39, 0.29) is 12.6 Å². The molecule has 52 heavy (non-hydrogen) atoms. The fourth-order valence-electron chi connectivity index (χ4n) is 9.31. The molecule has 1 aliphatic carbocycles. The highest BCUT2D eigenvalue weighted by atomic mass is 15.2. The summed E-state index contributed by atoms with van der Waals surface area (Å²) in [5, 5.41) is 2.57. The van der Waals surface area contributed by atoms with E-state index < -0.39 is 0 Å². The fourth-order valence-corrected chi connectivity index (χ4v) is 9.31. The molecular formula is C48H34BN3. The summed E-state index contributed by atoms with van der Waals surface area (Å²) in [6.07, 6.45) is 5.78. The van der Waals surface area contributed by atoms with E-state index in [1.165, 1.54) is 83.6 Å². The summed E-state index contributed by atoms with van der Waals surface area (Å²) >= 11 is 0. The number of hydrogen-bond donors (Lipinski definition) is 0. The Bertz CT molecular complexity index is 2730. The average Bonchev–Trinajstić information content (AvgIpc) is 3.56. The van der Waals surface area contributed by atoms with Crippen LogP contribution in [-0.4, -0.2) is 11.3 Å². The highest BCUT2D eigenvalue weighted by molar-refractivity contribution is 6.95. The Morgan fingerprint density at radius 3 is 1.83 bits per heavy atom. The highest BCUT2D eigenvalue weighted by Gasteiger charge is 2.46. The van der Waals surface area contributed by atoms with Crippen LogP contribution in [0.15, 0.2) is 199 Å². The first-order valence-electron chi connectivity index (χ1n) is 18.3. The van der Waals surface area contributed by atoms with E-state index in [1.807, 2.05) is 0 Å². The Labute approximate surface area is 304 Å². The number of nitrogens with zero attached hydrogens (tertiary/aromatic N) is 3. The van der Waals surface area contributed by atoms with Crippen LogP contribution in [0.3, 0.4) is 0 Å². The molecule has 1 unspecified atom stereocenters. The average molecular weight is 664 g/mol. The van der Waals surface area contributed by atoms with Crippen LogP contribution < -0.4 is 20.7 Å². The molecule has 0 radical (unpaired) electrons. The zero-order valence-electron chi connectivity index (χ0n) is 28.6. The predicted octanol–water partition coefficient (Wildman–Crippen LogP) is 10.9. The molecule has 0 amide bonds. The number of fused-ring (bicyclic) bond motifs is 6. The maximum atomic E-state index is 2.59. The van der Waals surface area contributed by atoms with E-state index in [4.69, 9.17) is 0 Å². The lowest BCUT2D eigenvalue weighted by Crippen LogP contribution is -2.56. The lowest BCUT2D eigenvalue weighted by atomic mass is 9.32. The van der Waals surface area contributed by atoms with Gasteiger partial charge in [-0.3, -0.25) is 0 Å². The minimum absolute atomic E-state index is 0.0931. The van der Waals surface area contributed by atoms with Gasteiger partial charge in [0, 0.05) is 56.5 Å². The lowest BCUT2D eigenvalue weighted by Gasteiger charge is -2.47. The van der Waals surface area contributed by atoms with Crippen molar-refractivity contribution in [2.75, 3.05) is 9.80 Å². The van der Waals surface area contributed by atoms with Gasteiger partial charge in [0.05, 0.1) is 11.0 Å². The second-order valence-corrected chi connectivity index (χ2v) is 14.0. The molecule has 3 nitrogen and oxygen atoms in total. The third-order valence-electron chi connectivity index (χ3n) is 11.3. The summed E-state index contributed by atoms with van der Waals surface area (Å²) in [7, 11) is 0. The number of aromatic nitrogens is 1. The van der Waals surface area contributed by atoms with E-state index in [2.05, 4.69) is 202 Å². The van der Waals surface area contributed by atoms with Gasteiger partial charge in [-0.1, -0.05) is 127 Å². The summed E-state index contributed by atoms with van der Waals surface area (Å²) < 4.78 is 2.49. The minimum Gasteiger partial charge on any atom is -0.315 e. The molecule has 244 valence electrons. The molecule has 1 atom stereocenters. The Kier molecular flexibility index (Phi) is 6.47. The van der Waals surface area contributed by atoms with Crippen molar-refractivity contribution in [3.63, 3.8) is 0 Å². The lowest BCUT2D eigenvalue weighted by molar-refractivity contribution is 0.771. The number of allylic oxidation sites excluding steroid dienone is 4. The molecule has 0 saturated heterocycles. The maximum Gasteiger partial charge on any atom is 0.251 e. The Balaban J connectivity index is 1.22. The number of benzene rings is 7. The smallest absolute Gasteiger partial charge is 0.251 e. The molecule has 0 N–H and O–H groups in total. The molecule has 3 heterocycles. The fraction of sp³-hybridized carbons (Fsp3) is 0.0417. The second-order valence-electron chi connectivity index (χ2n) is 14.0. The molecule has 7 aromatic carbocycles. The molecular weight excluding hydrogens is 629 g/mol. The summed E-state index contributed by atoms with van der Waals surface area (Å²) in [6, 6.07) is 64.5. The Morgan fingerprint density at radius 2 is 1.06 bits per heavy atom. The number of anilines is 5. The van der Waals surface area contributed by atoms with Crippen LogP contribution in [0.4, 0.5) is 28.4 Å². The van der Waals surface area contributed by atoms with E-state index in [0.717, 1.165) is 6.42 Å². The first kappa shape index (κ1) is 29.2. The molecule has 1 aromatic heterocycles. The van der Waals surface area contributed by atoms with E-state index in [0.29, 0.717) is 0 Å². The minimum atomic E-state index is 0.0931. The third-order valence-corrected chi connectivity index (χ3v) is 11.3. The first-order valence-corrected chi connectivity index (χ1v) is 18.3. The predicted molar refractivity (Wildman–Crippen MR) is 219 cm³/mol. The standard InChI is InChI=1S/C48H34BN3/c1-4-17-33(18-5-1)50-43-30-13-11-27-40(43)49-41-28-15-26-39(48(41)52(35-21-8-3-9-22-35)45-32-16-31-44(50)46(45)49)38-25-14-24-37-36-23-10-12-29-42(36)51(47(37)38)34-19-6-2-7-20-34/h1-25,27-32,39H,26H2. The molecule has 8 aromatic rings. The van der Waals surface area contributed by atoms with Crippen LogP contribution in [0.25, 0.3) is 27.5 Å². The molecule has 0 spiro atoms. The van der Waals surface area contributed by atoms with E-state index in [9.17, 15) is 0 Å². The van der Waals surface area contributed by atoms with Crippen molar-refractivity contribution in [1.29, 1.82) is 0 Å². The molecule has 0 saturated carbocycles. The largest absolute Gasteiger partial charge is 0.315 e. The topological polar surface area (TPSA) is 11.4 Å². The summed E-state index contributed by atoms with van der Waals surface area (Å²) in [5.74, 6) is 0.117. The van der Waals surface area contributed by atoms with E-state index in [1.54, 1.807) is 0 Å². The molecule has 2 aliphatic heterocycles. The van der Waals surface area contributed by atoms with Crippen molar-refractivity contribution in [3.05, 3.63) is 205 Å². The Morgan fingerprint density at radius 1 is 0.481 bits per heavy atom. The zero-order chi connectivity index (χ0) is 34.2. The van der Waals surface area contributed by atoms with Crippen LogP contribution in [0.1, 0.15) is 17.9 Å². The van der Waals surface area contributed by atoms with Crippen molar-refractivity contribution in [2.24, 2.45) is 0 Å². The molecule has 0 fully saturated rings.